The second kappa shape index (κ2) is 7.01. The minimum absolute atomic E-state index is 0.0222. The lowest BCUT2D eigenvalue weighted by Gasteiger charge is -2.23. The van der Waals surface area contributed by atoms with E-state index in [1.165, 1.54) is 5.56 Å². The molecule has 0 saturated carbocycles. The van der Waals surface area contributed by atoms with E-state index in [2.05, 4.69) is 16.4 Å². The van der Waals surface area contributed by atoms with Gasteiger partial charge in [0.1, 0.15) is 12.4 Å². The van der Waals surface area contributed by atoms with E-state index in [1.54, 1.807) is 12.3 Å². The van der Waals surface area contributed by atoms with Gasteiger partial charge >= 0.3 is 0 Å². The minimum Gasteiger partial charge on any atom is -0.492 e. The van der Waals surface area contributed by atoms with Crippen LogP contribution in [0.1, 0.15) is 30.0 Å². The molecule has 0 radical (unpaired) electrons. The number of nitrogens with one attached hydrogen (secondary N) is 1. The van der Waals surface area contributed by atoms with Crippen LogP contribution in [-0.4, -0.2) is 30.8 Å². The maximum Gasteiger partial charge on any atom is 0.231 e. The topological polar surface area (TPSA) is 69.7 Å². The Morgan fingerprint density at radius 1 is 1.28 bits per heavy atom. The molecule has 6 heteroatoms. The summed E-state index contributed by atoms with van der Waals surface area (Å²) in [6, 6.07) is 9.44. The number of aryl methyl sites for hydroxylation is 1. The predicted molar refractivity (Wildman–Crippen MR) is 91.0 cm³/mol. The van der Waals surface area contributed by atoms with Gasteiger partial charge in [-0.3, -0.25) is 9.78 Å². The predicted octanol–water partition coefficient (Wildman–Crippen LogP) is 2.43. The van der Waals surface area contributed by atoms with Gasteiger partial charge in [-0.25, -0.2) is 0 Å². The summed E-state index contributed by atoms with van der Waals surface area (Å²) in [5.41, 5.74) is 2.11. The zero-order valence-electron chi connectivity index (χ0n) is 13.9. The number of fused-ring (bicyclic) bond motifs is 2. The van der Waals surface area contributed by atoms with Gasteiger partial charge in [-0.15, -0.1) is 0 Å². The molecule has 1 unspecified atom stereocenters. The van der Waals surface area contributed by atoms with Gasteiger partial charge in [-0.05, 0) is 43.0 Å². The fourth-order valence-corrected chi connectivity index (χ4v) is 3.30. The van der Waals surface area contributed by atoms with Crippen molar-refractivity contribution in [1.29, 1.82) is 0 Å². The highest BCUT2D eigenvalue weighted by Gasteiger charge is 2.27. The number of amides is 1. The molecule has 0 fully saturated rings. The third-order valence-electron chi connectivity index (χ3n) is 4.53. The molecule has 0 spiro atoms. The maximum atomic E-state index is 12.5. The van der Waals surface area contributed by atoms with Crippen LogP contribution in [0.3, 0.4) is 0 Å². The van der Waals surface area contributed by atoms with Gasteiger partial charge in [-0.2, -0.15) is 0 Å². The Kier molecular flexibility index (Phi) is 4.41. The zero-order valence-corrected chi connectivity index (χ0v) is 13.9. The van der Waals surface area contributed by atoms with Crippen LogP contribution in [0.2, 0.25) is 0 Å². The van der Waals surface area contributed by atoms with Crippen LogP contribution in [0, 0.1) is 0 Å². The first-order chi connectivity index (χ1) is 12.3. The van der Waals surface area contributed by atoms with Crippen molar-refractivity contribution in [2.45, 2.75) is 25.2 Å². The summed E-state index contributed by atoms with van der Waals surface area (Å²) >= 11 is 0. The Labute approximate surface area is 146 Å². The first kappa shape index (κ1) is 15.7. The van der Waals surface area contributed by atoms with Crippen molar-refractivity contribution >= 4 is 5.91 Å². The number of carbonyl (C=O) groups is 1. The molecule has 130 valence electrons. The third-order valence-corrected chi connectivity index (χ3v) is 4.53. The Morgan fingerprint density at radius 2 is 2.20 bits per heavy atom. The van der Waals surface area contributed by atoms with Gasteiger partial charge in [0.2, 0.25) is 12.7 Å². The molecule has 2 aliphatic rings. The molecule has 1 N–H and O–H groups in total. The van der Waals surface area contributed by atoms with Gasteiger partial charge in [0.25, 0.3) is 0 Å². The summed E-state index contributed by atoms with van der Waals surface area (Å²) < 4.78 is 16.3. The molecule has 1 amide bonds. The van der Waals surface area contributed by atoms with E-state index in [9.17, 15) is 4.79 Å². The van der Waals surface area contributed by atoms with Gasteiger partial charge in [0, 0.05) is 12.3 Å². The highest BCUT2D eigenvalue weighted by atomic mass is 16.7. The summed E-state index contributed by atoms with van der Waals surface area (Å²) in [6.45, 7) is 1.09. The highest BCUT2D eigenvalue weighted by Crippen LogP contribution is 2.35. The summed E-state index contributed by atoms with van der Waals surface area (Å²) in [7, 11) is 0. The van der Waals surface area contributed by atoms with Crippen LogP contribution < -0.4 is 19.5 Å². The van der Waals surface area contributed by atoms with Gasteiger partial charge in [0.05, 0.1) is 18.2 Å². The van der Waals surface area contributed by atoms with Crippen LogP contribution in [0.25, 0.3) is 0 Å². The third kappa shape index (κ3) is 3.38. The van der Waals surface area contributed by atoms with E-state index in [-0.39, 0.29) is 18.6 Å². The molecule has 25 heavy (non-hydrogen) atoms. The first-order valence-corrected chi connectivity index (χ1v) is 8.55. The molecule has 4 rings (SSSR count). The summed E-state index contributed by atoms with van der Waals surface area (Å²) in [5, 5.41) is 2.96. The molecule has 1 atom stereocenters. The second-order valence-corrected chi connectivity index (χ2v) is 6.15. The number of rotatable bonds is 5. The molecule has 1 aromatic heterocycles. The quantitative estimate of drug-likeness (QED) is 0.847. The van der Waals surface area contributed by atoms with E-state index >= 15 is 0 Å². The standard InChI is InChI=1S/C19H20N2O4/c22-19(15-5-1-3-13-4-2-8-20-18(13)15)21-9-10-23-14-6-7-16-17(11-14)25-12-24-16/h2,4,6-8,11,15H,1,3,5,9-10,12H2,(H,21,22). The molecule has 0 bridgehead atoms. The van der Waals surface area contributed by atoms with Crippen molar-refractivity contribution in [3.63, 3.8) is 0 Å². The van der Waals surface area contributed by atoms with Crippen LogP contribution >= 0.6 is 0 Å². The molecule has 1 aliphatic carbocycles. The fraction of sp³-hybridized carbons (Fsp3) is 0.368. The Morgan fingerprint density at radius 3 is 3.16 bits per heavy atom. The van der Waals surface area contributed by atoms with Gasteiger partial charge < -0.3 is 19.5 Å². The van der Waals surface area contributed by atoms with Crippen LogP contribution in [0.4, 0.5) is 0 Å². The molecular formula is C19H20N2O4. The summed E-state index contributed by atoms with van der Waals surface area (Å²) in [6.07, 6.45) is 4.62. The Hall–Kier alpha value is -2.76. The van der Waals surface area contributed by atoms with Crippen LogP contribution in [-0.2, 0) is 11.2 Å². The van der Waals surface area contributed by atoms with E-state index in [0.717, 1.165) is 30.7 Å². The lowest BCUT2D eigenvalue weighted by molar-refractivity contribution is -0.123. The van der Waals surface area contributed by atoms with E-state index in [0.29, 0.717) is 24.7 Å². The van der Waals surface area contributed by atoms with Crippen molar-refractivity contribution in [1.82, 2.24) is 10.3 Å². The average Bonchev–Trinajstić information content (AvgIpc) is 3.12. The lowest BCUT2D eigenvalue weighted by Crippen LogP contribution is -2.34. The number of hydrogen-bond donors (Lipinski definition) is 1. The summed E-state index contributed by atoms with van der Waals surface area (Å²) in [5.74, 6) is 1.98. The second-order valence-electron chi connectivity index (χ2n) is 6.15. The van der Waals surface area contributed by atoms with Crippen molar-refractivity contribution in [2.24, 2.45) is 0 Å². The number of ether oxygens (including phenoxy) is 3. The smallest absolute Gasteiger partial charge is 0.231 e. The monoisotopic (exact) mass is 340 g/mol. The molecular weight excluding hydrogens is 320 g/mol. The SMILES string of the molecule is O=C(NCCOc1ccc2c(c1)OCO2)C1CCCc2cccnc21. The van der Waals surface area contributed by atoms with Crippen molar-refractivity contribution in [3.05, 3.63) is 47.8 Å². The van der Waals surface area contributed by atoms with Gasteiger partial charge in [0.15, 0.2) is 11.5 Å². The Balaban J connectivity index is 1.28. The molecule has 2 heterocycles. The number of benzene rings is 1. The minimum atomic E-state index is -0.157. The molecule has 6 nitrogen and oxygen atoms in total. The van der Waals surface area contributed by atoms with E-state index in [1.807, 2.05) is 18.2 Å². The molecule has 1 aromatic carbocycles. The van der Waals surface area contributed by atoms with Gasteiger partial charge in [-0.1, -0.05) is 6.07 Å². The van der Waals surface area contributed by atoms with Crippen molar-refractivity contribution in [3.8, 4) is 17.2 Å². The zero-order chi connectivity index (χ0) is 17.1. The Bertz CT molecular complexity index is 778. The maximum absolute atomic E-state index is 12.5. The molecule has 1 aliphatic heterocycles. The van der Waals surface area contributed by atoms with E-state index < -0.39 is 0 Å². The number of hydrogen-bond acceptors (Lipinski definition) is 5. The van der Waals surface area contributed by atoms with Crippen molar-refractivity contribution < 1.29 is 19.0 Å². The van der Waals surface area contributed by atoms with E-state index in [4.69, 9.17) is 14.2 Å². The number of carbonyl (C=O) groups excluding carboxylic acids is 1. The average molecular weight is 340 g/mol. The first-order valence-electron chi connectivity index (χ1n) is 8.55. The number of pyridine rings is 1. The van der Waals surface area contributed by atoms with Crippen molar-refractivity contribution in [2.75, 3.05) is 19.9 Å². The highest BCUT2D eigenvalue weighted by molar-refractivity contribution is 5.83. The number of aromatic nitrogens is 1. The lowest BCUT2D eigenvalue weighted by atomic mass is 9.86. The normalized spacial score (nSPS) is 17.7. The molecule has 2 aromatic rings. The molecule has 0 saturated heterocycles. The van der Waals surface area contributed by atoms with Crippen LogP contribution in [0.15, 0.2) is 36.5 Å². The van der Waals surface area contributed by atoms with Crippen LogP contribution in [0.5, 0.6) is 17.2 Å². The summed E-state index contributed by atoms with van der Waals surface area (Å²) in [4.78, 5) is 16.9. The number of nitrogens with zero attached hydrogens (tertiary/aromatic N) is 1. The fourth-order valence-electron chi connectivity index (χ4n) is 3.30. The largest absolute Gasteiger partial charge is 0.492 e.